The van der Waals surface area contributed by atoms with Gasteiger partial charge in [0, 0.05) is 19.6 Å². The van der Waals surface area contributed by atoms with E-state index in [1.807, 2.05) is 12.1 Å². The van der Waals surface area contributed by atoms with Gasteiger partial charge in [0.15, 0.2) is 11.5 Å². The predicted octanol–water partition coefficient (Wildman–Crippen LogP) is 1.54. The molecular weight excluding hydrogens is 344 g/mol. The number of ether oxygens (including phenoxy) is 1. The number of phenolic OH excluding ortho intramolecular Hbond substituents is 1. The lowest BCUT2D eigenvalue weighted by molar-refractivity contribution is 0.244. The Bertz CT molecular complexity index is 883. The first-order valence-corrected chi connectivity index (χ1v) is 9.23. The molecule has 0 radical (unpaired) electrons. The second-order valence-electron chi connectivity index (χ2n) is 5.98. The van der Waals surface area contributed by atoms with E-state index in [-0.39, 0.29) is 11.5 Å². The van der Waals surface area contributed by atoms with Gasteiger partial charge in [-0.2, -0.15) is 13.6 Å². The van der Waals surface area contributed by atoms with Gasteiger partial charge < -0.3 is 14.0 Å². The van der Waals surface area contributed by atoms with Crippen LogP contribution in [0.1, 0.15) is 16.7 Å². The van der Waals surface area contributed by atoms with E-state index in [0.29, 0.717) is 18.8 Å². The average molecular weight is 364 g/mol. The van der Waals surface area contributed by atoms with Crippen molar-refractivity contribution in [1.82, 2.24) is 4.90 Å². The summed E-state index contributed by atoms with van der Waals surface area (Å²) in [6.45, 7) is 2.21. The third kappa shape index (κ3) is 4.41. The minimum Gasteiger partial charge on any atom is -0.508 e. The number of fused-ring (bicyclic) bond motifs is 1. The van der Waals surface area contributed by atoms with E-state index in [9.17, 15) is 13.5 Å². The molecule has 25 heavy (non-hydrogen) atoms. The summed E-state index contributed by atoms with van der Waals surface area (Å²) in [7, 11) is -2.66. The van der Waals surface area contributed by atoms with E-state index in [1.54, 1.807) is 24.3 Å². The first-order chi connectivity index (χ1) is 11.8. The topological polar surface area (TPSA) is 102 Å². The molecule has 0 fully saturated rings. The monoisotopic (exact) mass is 364 g/mol. The van der Waals surface area contributed by atoms with Crippen molar-refractivity contribution >= 4 is 10.3 Å². The highest BCUT2D eigenvalue weighted by molar-refractivity contribution is 7.84. The van der Waals surface area contributed by atoms with E-state index >= 15 is 0 Å². The van der Waals surface area contributed by atoms with Crippen LogP contribution in [0.2, 0.25) is 0 Å². The van der Waals surface area contributed by atoms with Gasteiger partial charge in [-0.05, 0) is 47.4 Å². The van der Waals surface area contributed by atoms with Crippen molar-refractivity contribution < 1.29 is 22.4 Å². The molecule has 0 saturated heterocycles. The van der Waals surface area contributed by atoms with Crippen molar-refractivity contribution in [3.63, 3.8) is 0 Å². The molecule has 2 aromatic carbocycles. The lowest BCUT2D eigenvalue weighted by atomic mass is 9.98. The van der Waals surface area contributed by atoms with E-state index < -0.39 is 10.3 Å². The predicted molar refractivity (Wildman–Crippen MR) is 92.7 cm³/mol. The SMILES string of the molecule is COc1cc2c(cc1OS(N)(=O)=O)CCN(Cc1cccc(O)c1)C2. The van der Waals surface area contributed by atoms with Crippen molar-refractivity contribution in [2.24, 2.45) is 5.14 Å². The van der Waals surface area contributed by atoms with Crippen LogP contribution in [0.5, 0.6) is 17.2 Å². The third-order valence-electron chi connectivity index (χ3n) is 4.10. The van der Waals surface area contributed by atoms with Crippen molar-refractivity contribution in [3.05, 3.63) is 53.1 Å². The Morgan fingerprint density at radius 1 is 1.20 bits per heavy atom. The van der Waals surface area contributed by atoms with E-state index in [0.717, 1.165) is 29.7 Å². The molecule has 7 nitrogen and oxygen atoms in total. The maximum Gasteiger partial charge on any atom is 0.380 e. The van der Waals surface area contributed by atoms with Crippen LogP contribution in [0.25, 0.3) is 0 Å². The molecule has 0 spiro atoms. The van der Waals surface area contributed by atoms with Crippen LogP contribution in [0.15, 0.2) is 36.4 Å². The second-order valence-corrected chi connectivity index (χ2v) is 7.13. The van der Waals surface area contributed by atoms with Gasteiger partial charge in [0.2, 0.25) is 0 Å². The van der Waals surface area contributed by atoms with E-state index in [4.69, 9.17) is 14.1 Å². The number of aromatic hydroxyl groups is 1. The molecule has 0 atom stereocenters. The van der Waals surface area contributed by atoms with Crippen LogP contribution in [0.4, 0.5) is 0 Å². The molecule has 0 aliphatic carbocycles. The lowest BCUT2D eigenvalue weighted by Gasteiger charge is -2.29. The highest BCUT2D eigenvalue weighted by Crippen LogP contribution is 2.34. The van der Waals surface area contributed by atoms with Crippen LogP contribution >= 0.6 is 0 Å². The fourth-order valence-corrected chi connectivity index (χ4v) is 3.40. The highest BCUT2D eigenvalue weighted by Gasteiger charge is 2.21. The van der Waals surface area contributed by atoms with Crippen LogP contribution in [-0.2, 0) is 29.8 Å². The van der Waals surface area contributed by atoms with Crippen molar-refractivity contribution in [3.8, 4) is 17.2 Å². The maximum atomic E-state index is 11.2. The Morgan fingerprint density at radius 2 is 1.96 bits per heavy atom. The molecular formula is C17H20N2O5S. The summed E-state index contributed by atoms with van der Waals surface area (Å²) in [5.74, 6) is 0.679. The Labute approximate surface area is 146 Å². The number of nitrogens with zero attached hydrogens (tertiary/aromatic N) is 1. The molecule has 0 aromatic heterocycles. The first-order valence-electron chi connectivity index (χ1n) is 7.76. The van der Waals surface area contributed by atoms with Gasteiger partial charge >= 0.3 is 10.3 Å². The van der Waals surface area contributed by atoms with E-state index in [2.05, 4.69) is 4.90 Å². The molecule has 3 N–H and O–H groups in total. The summed E-state index contributed by atoms with van der Waals surface area (Å²) < 4.78 is 32.4. The summed E-state index contributed by atoms with van der Waals surface area (Å²) in [6, 6.07) is 10.6. The number of hydrogen-bond donors (Lipinski definition) is 2. The summed E-state index contributed by atoms with van der Waals surface area (Å²) in [6.07, 6.45) is 0.749. The minimum absolute atomic E-state index is 0.102. The van der Waals surface area contributed by atoms with Crippen molar-refractivity contribution in [2.45, 2.75) is 19.5 Å². The standard InChI is InChI=1S/C17H20N2O5S/c1-23-16-9-14-11-19(10-12-3-2-4-15(20)7-12)6-5-13(14)8-17(16)24-25(18,21)22/h2-4,7-9,20H,5-6,10-11H2,1H3,(H2,18,21,22). The second kappa shape index (κ2) is 6.91. The zero-order valence-corrected chi connectivity index (χ0v) is 14.6. The van der Waals surface area contributed by atoms with Crippen molar-refractivity contribution in [1.29, 1.82) is 0 Å². The molecule has 134 valence electrons. The maximum absolute atomic E-state index is 11.2. The van der Waals surface area contributed by atoms with Crippen LogP contribution in [0.3, 0.4) is 0 Å². The van der Waals surface area contributed by atoms with Crippen LogP contribution in [-0.4, -0.2) is 32.1 Å². The molecule has 0 amide bonds. The summed E-state index contributed by atoms with van der Waals surface area (Å²) >= 11 is 0. The fourth-order valence-electron chi connectivity index (χ4n) is 3.02. The fraction of sp³-hybridized carbons (Fsp3) is 0.294. The smallest absolute Gasteiger partial charge is 0.380 e. The Morgan fingerprint density at radius 3 is 2.64 bits per heavy atom. The summed E-state index contributed by atoms with van der Waals surface area (Å²) in [5.41, 5.74) is 3.08. The Balaban J connectivity index is 1.81. The van der Waals surface area contributed by atoms with Gasteiger partial charge in [0.25, 0.3) is 0 Å². The normalized spacial score (nSPS) is 14.8. The van der Waals surface area contributed by atoms with E-state index in [1.165, 1.54) is 7.11 Å². The molecule has 0 saturated carbocycles. The minimum atomic E-state index is -4.11. The average Bonchev–Trinajstić information content (AvgIpc) is 2.53. The summed E-state index contributed by atoms with van der Waals surface area (Å²) in [5, 5.41) is 14.5. The quantitative estimate of drug-likeness (QED) is 0.834. The van der Waals surface area contributed by atoms with Crippen molar-refractivity contribution in [2.75, 3.05) is 13.7 Å². The Kier molecular flexibility index (Phi) is 4.85. The number of rotatable bonds is 5. The van der Waals surface area contributed by atoms with Gasteiger partial charge in [-0.1, -0.05) is 12.1 Å². The summed E-state index contributed by atoms with van der Waals surface area (Å²) in [4.78, 5) is 2.25. The molecule has 1 aliphatic rings. The molecule has 0 unspecified atom stereocenters. The molecule has 3 rings (SSSR count). The molecule has 8 heteroatoms. The number of nitrogens with two attached hydrogens (primary N) is 1. The number of methoxy groups -OCH3 is 1. The molecule has 1 aliphatic heterocycles. The molecule has 0 bridgehead atoms. The molecule has 1 heterocycles. The third-order valence-corrected chi connectivity index (χ3v) is 4.51. The van der Waals surface area contributed by atoms with Gasteiger partial charge in [0.1, 0.15) is 5.75 Å². The zero-order chi connectivity index (χ0) is 18.0. The zero-order valence-electron chi connectivity index (χ0n) is 13.8. The van der Waals surface area contributed by atoms with Gasteiger partial charge in [0.05, 0.1) is 7.11 Å². The van der Waals surface area contributed by atoms with Crippen LogP contribution < -0.4 is 14.1 Å². The van der Waals surface area contributed by atoms with Crippen LogP contribution in [0, 0.1) is 0 Å². The number of benzene rings is 2. The van der Waals surface area contributed by atoms with Gasteiger partial charge in [-0.25, -0.2) is 0 Å². The molecule has 2 aromatic rings. The lowest BCUT2D eigenvalue weighted by Crippen LogP contribution is -2.30. The number of phenols is 1. The Hall–Kier alpha value is -2.29. The van der Waals surface area contributed by atoms with Gasteiger partial charge in [-0.3, -0.25) is 4.90 Å². The first kappa shape index (κ1) is 17.5. The highest BCUT2D eigenvalue weighted by atomic mass is 32.2. The number of hydrogen-bond acceptors (Lipinski definition) is 6. The largest absolute Gasteiger partial charge is 0.508 e. The van der Waals surface area contributed by atoms with Gasteiger partial charge in [-0.15, -0.1) is 0 Å².